The van der Waals surface area contributed by atoms with Crippen LogP contribution in [0.15, 0.2) is 95.1 Å². The van der Waals surface area contributed by atoms with Crippen molar-refractivity contribution < 1.29 is 68.3 Å². The predicted molar refractivity (Wildman–Crippen MR) is 282 cm³/mol. The van der Waals surface area contributed by atoms with Crippen molar-refractivity contribution in [1.29, 1.82) is 0 Å². The Bertz CT molecular complexity index is 3180. The maximum atomic E-state index is 15.7. The Morgan fingerprint density at radius 3 is 2.36 bits per heavy atom. The highest BCUT2D eigenvalue weighted by molar-refractivity contribution is 6.04. The fraction of sp³-hybridized carbons (Fsp3) is 0.458. The van der Waals surface area contributed by atoms with Crippen LogP contribution < -0.4 is 24.3 Å². The summed E-state index contributed by atoms with van der Waals surface area (Å²) in [5, 5.41) is 58.6. The Morgan fingerprint density at radius 1 is 0.947 bits per heavy atom. The van der Waals surface area contributed by atoms with Gasteiger partial charge in [-0.3, -0.25) is 4.79 Å². The second kappa shape index (κ2) is 19.8. The van der Waals surface area contributed by atoms with E-state index in [1.54, 1.807) is 13.0 Å². The number of carbonyl (C=O) groups excluding carboxylic acids is 3. The molecular formula is C59H67N3O14. The fourth-order valence-electron chi connectivity index (χ4n) is 12.2. The van der Waals surface area contributed by atoms with Gasteiger partial charge in [0.15, 0.2) is 22.7 Å². The first-order chi connectivity index (χ1) is 36.2. The molecule has 3 saturated carbocycles. The Morgan fingerprint density at radius 2 is 1.67 bits per heavy atom. The zero-order valence-corrected chi connectivity index (χ0v) is 44.2. The van der Waals surface area contributed by atoms with Gasteiger partial charge in [-0.15, -0.1) is 0 Å². The molecule has 11 atom stereocenters. The number of benzene rings is 3. The van der Waals surface area contributed by atoms with Crippen molar-refractivity contribution in [3.8, 4) is 23.0 Å². The quantitative estimate of drug-likeness (QED) is 0.0311. The van der Waals surface area contributed by atoms with Crippen LogP contribution >= 0.6 is 0 Å². The number of anilines is 1. The van der Waals surface area contributed by atoms with Gasteiger partial charge in [0.2, 0.25) is 12.2 Å². The van der Waals surface area contributed by atoms with Crippen LogP contribution in [0.2, 0.25) is 0 Å². The van der Waals surface area contributed by atoms with E-state index in [9.17, 15) is 35.1 Å². The number of allylic oxidation sites excluding steroid dienone is 4. The summed E-state index contributed by atoms with van der Waals surface area (Å²) in [4.78, 5) is 48.6. The Labute approximate surface area is 441 Å². The average Bonchev–Trinajstić information content (AvgIpc) is 3.94. The number of Topliss-reactive ketones (excluding diaryl/α,β-unsaturated/α-hetero) is 1. The Kier molecular flexibility index (Phi) is 13.7. The number of carbonyl (C=O) groups is 3. The third-order valence-electron chi connectivity index (χ3n) is 16.1. The molecule has 6 N–H and O–H groups in total. The molecule has 7 aliphatic rings. The highest BCUT2D eigenvalue weighted by Gasteiger charge is 2.77. The summed E-state index contributed by atoms with van der Waals surface area (Å²) in [7, 11) is 1.28. The zero-order chi connectivity index (χ0) is 54.3. The van der Waals surface area contributed by atoms with E-state index in [2.05, 4.69) is 31.3 Å². The summed E-state index contributed by atoms with van der Waals surface area (Å²) in [6.07, 6.45) is 3.75. The molecule has 17 heteroatoms. The van der Waals surface area contributed by atoms with Crippen molar-refractivity contribution >= 4 is 46.5 Å². The maximum absolute atomic E-state index is 15.7. The largest absolute Gasteiger partial charge is 0.482 e. The standard InChI is InChI=1S/C59H67N3O14/c1-29(2)13-12-24-57(8)25-23-36-49(75-57)35(21-16-30(3)4)51-42(50(36)74-54(69)33-17-19-34(20-18-33)72-55-48(66)47(65)46(64)41(28-63)73-55)44-43-45(62-40-15-11-10-14-39(40)60-56(62)61-44)37-27-38(31(5)6)59(43,76-51)58(70,52(37)67)26-22-32(7)53(68)71-9/h10-11,13-20,22-23,25,31,37-38,41,45-48,55,63-66,70H,12,21,24,26-28H2,1-9H3,(H,60,61)/b32-22-/t37?,38?,41-,45?,46-,47+,48-,55-,57?,58?,59?/m1/s1. The van der Waals surface area contributed by atoms with Gasteiger partial charge in [-0.1, -0.05) is 55.4 Å². The lowest BCUT2D eigenvalue weighted by Crippen LogP contribution is -2.78. The van der Waals surface area contributed by atoms with Crippen LogP contribution in [0, 0.1) is 17.8 Å². The van der Waals surface area contributed by atoms with Crippen molar-refractivity contribution in [3.05, 3.63) is 117 Å². The number of ether oxygens (including phenoxy) is 6. The number of nitrogens with one attached hydrogen (secondary N) is 1. The maximum Gasteiger partial charge on any atom is 0.343 e. The van der Waals surface area contributed by atoms with E-state index in [1.807, 2.05) is 75.6 Å². The highest BCUT2D eigenvalue weighted by Crippen LogP contribution is 2.70. The normalized spacial score (nSPS) is 29.8. The molecular weight excluding hydrogens is 975 g/mol. The third-order valence-corrected chi connectivity index (χ3v) is 16.1. The monoisotopic (exact) mass is 1040 g/mol. The fourth-order valence-corrected chi connectivity index (χ4v) is 12.2. The molecule has 4 fully saturated rings. The molecule has 4 aliphatic heterocycles. The average molecular weight is 1040 g/mol. The van der Waals surface area contributed by atoms with E-state index < -0.39 is 89.7 Å². The number of imidazole rings is 1. The molecule has 1 spiro atoms. The first-order valence-electron chi connectivity index (χ1n) is 26.0. The van der Waals surface area contributed by atoms with Crippen molar-refractivity contribution in [2.24, 2.45) is 17.8 Å². The van der Waals surface area contributed by atoms with Gasteiger partial charge in [0.25, 0.3) is 0 Å². The number of ketones is 1. The molecule has 4 aromatic rings. The number of para-hydroxylation sites is 2. The van der Waals surface area contributed by atoms with Crippen LogP contribution in [-0.4, -0.2) is 114 Å². The number of hydrogen-bond acceptors (Lipinski definition) is 16. The summed E-state index contributed by atoms with van der Waals surface area (Å²) in [5.41, 5.74) is 1.49. The smallest absolute Gasteiger partial charge is 0.343 e. The molecule has 3 aliphatic carbocycles. The van der Waals surface area contributed by atoms with E-state index in [-0.39, 0.29) is 47.1 Å². The number of esters is 2. The van der Waals surface area contributed by atoms with Crippen molar-refractivity contribution in [1.82, 2.24) is 9.55 Å². The number of hydrogen-bond donors (Lipinski definition) is 6. The van der Waals surface area contributed by atoms with Gasteiger partial charge in [-0.25, -0.2) is 14.6 Å². The molecule has 5 heterocycles. The minimum absolute atomic E-state index is 0.0900. The molecule has 2 bridgehead atoms. The van der Waals surface area contributed by atoms with E-state index in [0.29, 0.717) is 64.4 Å². The molecule has 0 radical (unpaired) electrons. The SMILES string of the molecule is COC(=O)/C(C)=C\CC1(O)C(=O)C2CC(C(C)C)C13Oc1c(CC=C(C)C)c4c(c(OC(=O)c5ccc(O[C@@H]6O[C@H](CO)[C@@H](O)[C@H](O)[C@H]6O)cc5)c1C1=C3C2n2c(nc3ccccc32)N1)C=CC(C)(CCC=C(C)C)O4. The summed E-state index contributed by atoms with van der Waals surface area (Å²) in [6, 6.07) is 12.8. The molecule has 0 amide bonds. The van der Waals surface area contributed by atoms with Crippen LogP contribution in [0.4, 0.5) is 5.95 Å². The van der Waals surface area contributed by atoms with Crippen LogP contribution in [0.5, 0.6) is 23.0 Å². The first kappa shape index (κ1) is 52.8. The van der Waals surface area contributed by atoms with Crippen molar-refractivity contribution in [2.45, 2.75) is 141 Å². The van der Waals surface area contributed by atoms with Crippen molar-refractivity contribution in [3.63, 3.8) is 0 Å². The number of rotatable bonds is 14. The van der Waals surface area contributed by atoms with Gasteiger partial charge in [0.1, 0.15) is 47.3 Å². The van der Waals surface area contributed by atoms with Gasteiger partial charge in [0.05, 0.1) is 53.2 Å². The number of nitrogens with zero attached hydrogens (tertiary/aromatic N) is 2. The molecule has 3 aromatic carbocycles. The molecule has 402 valence electrons. The lowest BCUT2D eigenvalue weighted by atomic mass is 9.46. The van der Waals surface area contributed by atoms with Gasteiger partial charge < -0.3 is 63.8 Å². The van der Waals surface area contributed by atoms with Gasteiger partial charge in [-0.05, 0) is 122 Å². The van der Waals surface area contributed by atoms with Crippen molar-refractivity contribution in [2.75, 3.05) is 19.0 Å². The van der Waals surface area contributed by atoms with E-state index >= 15 is 4.79 Å². The van der Waals surface area contributed by atoms with Crippen LogP contribution in [-0.2, 0) is 25.5 Å². The van der Waals surface area contributed by atoms with Crippen LogP contribution in [0.3, 0.4) is 0 Å². The summed E-state index contributed by atoms with van der Waals surface area (Å²) in [6.45, 7) is 15.1. The Hall–Kier alpha value is -6.60. The lowest BCUT2D eigenvalue weighted by molar-refractivity contribution is -0.277. The van der Waals surface area contributed by atoms with Crippen LogP contribution in [0.25, 0.3) is 22.8 Å². The number of fused-ring (bicyclic) bond motifs is 8. The Balaban J connectivity index is 1.20. The number of aromatic nitrogens is 2. The van der Waals surface area contributed by atoms with Gasteiger partial charge >= 0.3 is 11.9 Å². The molecule has 76 heavy (non-hydrogen) atoms. The third kappa shape index (κ3) is 8.46. The second-order valence-electron chi connectivity index (χ2n) is 22.0. The molecule has 1 aromatic heterocycles. The summed E-state index contributed by atoms with van der Waals surface area (Å²) in [5.74, 6) is -1.94. The van der Waals surface area contributed by atoms with E-state index in [0.717, 1.165) is 16.7 Å². The number of methoxy groups -OCH3 is 1. The lowest BCUT2D eigenvalue weighted by Gasteiger charge is -2.66. The summed E-state index contributed by atoms with van der Waals surface area (Å²) >= 11 is 0. The minimum atomic E-state index is -2.25. The van der Waals surface area contributed by atoms with Gasteiger partial charge in [-0.2, -0.15) is 0 Å². The topological polar surface area (TPSA) is 238 Å². The van der Waals surface area contributed by atoms with E-state index in [4.69, 9.17) is 33.4 Å². The van der Waals surface area contributed by atoms with Gasteiger partial charge in [0, 0.05) is 35.0 Å². The first-order valence-corrected chi connectivity index (χ1v) is 26.0. The van der Waals surface area contributed by atoms with E-state index in [1.165, 1.54) is 31.4 Å². The number of aliphatic hydroxyl groups is 5. The molecule has 17 nitrogen and oxygen atoms in total. The second-order valence-corrected chi connectivity index (χ2v) is 22.0. The highest BCUT2D eigenvalue weighted by atomic mass is 16.7. The summed E-state index contributed by atoms with van der Waals surface area (Å²) < 4.78 is 40.2. The molecule has 11 rings (SSSR count). The van der Waals surface area contributed by atoms with Crippen LogP contribution in [0.1, 0.15) is 114 Å². The molecule has 1 saturated heterocycles. The molecule has 6 unspecified atom stereocenters. The number of aliphatic hydroxyl groups excluding tert-OH is 4. The zero-order valence-electron chi connectivity index (χ0n) is 44.2. The predicted octanol–water partition coefficient (Wildman–Crippen LogP) is 7.48. The minimum Gasteiger partial charge on any atom is -0.482 e.